The smallest absolute Gasteiger partial charge is 0.183 e. The number of ether oxygens (including phenoxy) is 1. The third-order valence-electron chi connectivity index (χ3n) is 1.63. The van der Waals surface area contributed by atoms with E-state index in [4.69, 9.17) is 14.4 Å². The molecule has 0 aromatic carbocycles. The Morgan fingerprint density at radius 2 is 2.00 bits per heavy atom. The van der Waals surface area contributed by atoms with E-state index >= 15 is 0 Å². The lowest BCUT2D eigenvalue weighted by molar-refractivity contribution is 0.0838. The first kappa shape index (κ1) is 12.6. The second kappa shape index (κ2) is 6.14. The molecule has 0 amide bonds. The second-order valence-corrected chi connectivity index (χ2v) is 8.48. The highest BCUT2D eigenvalue weighted by molar-refractivity contribution is 6.69. The summed E-state index contributed by atoms with van der Waals surface area (Å²) in [4.78, 5) is 0. The number of hydrogen-bond donors (Lipinski definition) is 0. The van der Waals surface area contributed by atoms with Crippen LogP contribution in [0.25, 0.3) is 0 Å². The minimum absolute atomic E-state index is 0.0290. The van der Waals surface area contributed by atoms with Crippen LogP contribution in [-0.2, 0) is 9.16 Å². The maximum Gasteiger partial charge on any atom is 0.183 e. The van der Waals surface area contributed by atoms with Gasteiger partial charge in [-0.2, -0.15) is 5.26 Å². The first-order valence-corrected chi connectivity index (χ1v) is 7.94. The molecule has 0 radical (unpaired) electrons. The molecule has 3 nitrogen and oxygen atoms in total. The van der Waals surface area contributed by atoms with Crippen LogP contribution in [0.15, 0.2) is 0 Å². The van der Waals surface area contributed by atoms with E-state index in [1.54, 1.807) is 7.11 Å². The molecule has 0 spiro atoms. The molecule has 0 bridgehead atoms. The van der Waals surface area contributed by atoms with Gasteiger partial charge in [-0.25, -0.2) is 0 Å². The Morgan fingerprint density at radius 1 is 1.38 bits per heavy atom. The van der Waals surface area contributed by atoms with Crippen molar-refractivity contribution in [3.8, 4) is 6.07 Å². The first-order chi connectivity index (χ1) is 5.99. The normalized spacial score (nSPS) is 13.8. The highest BCUT2D eigenvalue weighted by Crippen LogP contribution is 2.07. The van der Waals surface area contributed by atoms with Gasteiger partial charge in [0, 0.05) is 13.7 Å². The molecular weight excluding hydrogens is 182 g/mol. The van der Waals surface area contributed by atoms with Gasteiger partial charge >= 0.3 is 0 Å². The molecule has 0 heterocycles. The van der Waals surface area contributed by atoms with Gasteiger partial charge in [0.05, 0.1) is 18.6 Å². The van der Waals surface area contributed by atoms with Crippen molar-refractivity contribution in [3.05, 3.63) is 0 Å². The van der Waals surface area contributed by atoms with Crippen LogP contribution in [0.1, 0.15) is 12.8 Å². The fourth-order valence-corrected chi connectivity index (χ4v) is 1.63. The molecule has 0 saturated heterocycles. The number of rotatable bonds is 6. The van der Waals surface area contributed by atoms with E-state index < -0.39 is 8.32 Å². The topological polar surface area (TPSA) is 42.2 Å². The van der Waals surface area contributed by atoms with Crippen molar-refractivity contribution < 1.29 is 9.16 Å². The Balaban J connectivity index is 3.56. The summed E-state index contributed by atoms with van der Waals surface area (Å²) in [6, 6.07) is 2.10. The van der Waals surface area contributed by atoms with Crippen LogP contribution in [0.5, 0.6) is 0 Å². The highest BCUT2D eigenvalue weighted by atomic mass is 28.4. The summed E-state index contributed by atoms with van der Waals surface area (Å²) in [5.74, 6) is 0. The molecule has 0 aliphatic carbocycles. The van der Waals surface area contributed by atoms with Gasteiger partial charge in [-0.15, -0.1) is 0 Å². The average Bonchev–Trinajstić information content (AvgIpc) is 2.01. The predicted molar refractivity (Wildman–Crippen MR) is 54.9 cm³/mol. The molecule has 0 aromatic rings. The summed E-state index contributed by atoms with van der Waals surface area (Å²) in [6.07, 6.45) is 1.29. The maximum absolute atomic E-state index is 8.46. The summed E-state index contributed by atoms with van der Waals surface area (Å²) in [7, 11) is 0.237. The van der Waals surface area contributed by atoms with E-state index in [-0.39, 0.29) is 6.10 Å². The van der Waals surface area contributed by atoms with E-state index in [1.165, 1.54) is 0 Å². The largest absolute Gasteiger partial charge is 0.418 e. The summed E-state index contributed by atoms with van der Waals surface area (Å²) < 4.78 is 10.8. The summed E-state index contributed by atoms with van der Waals surface area (Å²) in [5.41, 5.74) is 0. The number of hydrogen-bond acceptors (Lipinski definition) is 3. The maximum atomic E-state index is 8.46. The summed E-state index contributed by atoms with van der Waals surface area (Å²) in [5, 5.41) is 8.46. The van der Waals surface area contributed by atoms with Crippen molar-refractivity contribution in [2.75, 3.05) is 13.7 Å². The molecule has 0 aliphatic heterocycles. The van der Waals surface area contributed by atoms with E-state index in [0.717, 1.165) is 6.42 Å². The molecule has 0 aromatic heterocycles. The van der Waals surface area contributed by atoms with Gasteiger partial charge in [0.1, 0.15) is 0 Å². The lowest BCUT2D eigenvalue weighted by Gasteiger charge is -2.19. The molecule has 0 rings (SSSR count). The van der Waals surface area contributed by atoms with Gasteiger partial charge in [0.25, 0.3) is 0 Å². The van der Waals surface area contributed by atoms with E-state index in [1.807, 2.05) is 0 Å². The van der Waals surface area contributed by atoms with Crippen molar-refractivity contribution in [3.63, 3.8) is 0 Å². The van der Waals surface area contributed by atoms with E-state index in [2.05, 4.69) is 25.7 Å². The fraction of sp³-hybridized carbons (Fsp3) is 0.889. The highest BCUT2D eigenvalue weighted by Gasteiger charge is 2.15. The molecular formula is C9H19NO2Si. The minimum atomic E-state index is -1.40. The molecule has 0 fully saturated rings. The third kappa shape index (κ3) is 7.97. The molecule has 1 unspecified atom stereocenters. The zero-order valence-corrected chi connectivity index (χ0v) is 9.96. The quantitative estimate of drug-likeness (QED) is 0.618. The minimum Gasteiger partial charge on any atom is -0.418 e. The Kier molecular flexibility index (Phi) is 5.96. The third-order valence-corrected chi connectivity index (χ3v) is 2.70. The summed E-state index contributed by atoms with van der Waals surface area (Å²) >= 11 is 0. The Bertz CT molecular complexity index is 171. The monoisotopic (exact) mass is 201 g/mol. The van der Waals surface area contributed by atoms with Crippen LogP contribution in [0.4, 0.5) is 0 Å². The molecule has 76 valence electrons. The predicted octanol–water partition coefficient (Wildman–Crippen LogP) is 2.16. The second-order valence-electron chi connectivity index (χ2n) is 3.97. The van der Waals surface area contributed by atoms with Crippen molar-refractivity contribution in [2.24, 2.45) is 0 Å². The van der Waals surface area contributed by atoms with Gasteiger partial charge in [-0.1, -0.05) is 0 Å². The van der Waals surface area contributed by atoms with Crippen LogP contribution in [0.2, 0.25) is 19.6 Å². The van der Waals surface area contributed by atoms with Crippen LogP contribution < -0.4 is 0 Å². The van der Waals surface area contributed by atoms with Gasteiger partial charge < -0.3 is 9.16 Å². The van der Waals surface area contributed by atoms with Crippen LogP contribution in [0, 0.1) is 11.3 Å². The van der Waals surface area contributed by atoms with Gasteiger partial charge in [-0.3, -0.25) is 0 Å². The Labute approximate surface area is 81.8 Å². The SMILES string of the molecule is COC(CC#N)CCO[Si](C)(C)C. The first-order valence-electron chi connectivity index (χ1n) is 4.53. The molecule has 0 saturated carbocycles. The lowest BCUT2D eigenvalue weighted by atomic mass is 10.2. The molecule has 0 N–H and O–H groups in total. The van der Waals surface area contributed by atoms with Gasteiger partial charge in [-0.05, 0) is 26.1 Å². The van der Waals surface area contributed by atoms with Crippen molar-refractivity contribution in [1.82, 2.24) is 0 Å². The van der Waals surface area contributed by atoms with Crippen LogP contribution >= 0.6 is 0 Å². The molecule has 0 aliphatic rings. The summed E-state index contributed by atoms with van der Waals surface area (Å²) in [6.45, 7) is 7.16. The number of nitrogens with zero attached hydrogens (tertiary/aromatic N) is 1. The van der Waals surface area contributed by atoms with Crippen LogP contribution in [-0.4, -0.2) is 28.1 Å². The lowest BCUT2D eigenvalue weighted by Crippen LogP contribution is -2.27. The van der Waals surface area contributed by atoms with E-state index in [9.17, 15) is 0 Å². The average molecular weight is 201 g/mol. The Hall–Kier alpha value is -0.373. The number of nitriles is 1. The zero-order valence-electron chi connectivity index (χ0n) is 8.96. The van der Waals surface area contributed by atoms with Crippen molar-refractivity contribution >= 4 is 8.32 Å². The van der Waals surface area contributed by atoms with Crippen LogP contribution in [0.3, 0.4) is 0 Å². The zero-order chi connectivity index (χ0) is 10.3. The molecule has 4 heteroatoms. The van der Waals surface area contributed by atoms with Crippen molar-refractivity contribution in [1.29, 1.82) is 5.26 Å². The Morgan fingerprint density at radius 3 is 2.38 bits per heavy atom. The molecule has 1 atom stereocenters. The van der Waals surface area contributed by atoms with Gasteiger partial charge in [0.2, 0.25) is 0 Å². The van der Waals surface area contributed by atoms with Crippen molar-refractivity contribution in [2.45, 2.75) is 38.6 Å². The van der Waals surface area contributed by atoms with Gasteiger partial charge in [0.15, 0.2) is 8.32 Å². The standard InChI is InChI=1S/C9H19NO2Si/c1-11-9(5-7-10)6-8-12-13(2,3)4/h9H,5-6,8H2,1-4H3. The molecule has 13 heavy (non-hydrogen) atoms. The number of methoxy groups -OCH3 is 1. The van der Waals surface area contributed by atoms with E-state index in [0.29, 0.717) is 13.0 Å². The fourth-order valence-electron chi connectivity index (χ4n) is 0.902.